The van der Waals surface area contributed by atoms with Gasteiger partial charge in [-0.1, -0.05) is 12.2 Å². The number of benzene rings is 1. The standard InChI is InChI=1S/C12H17IN2O/c1-9(2)8-16-6-5-15-12-4-3-10(13)7-11(12)14/h3-4,7,15H,1,5-6,8,14H2,2H3. The first-order chi connectivity index (χ1) is 7.59. The van der Waals surface area contributed by atoms with E-state index in [0.717, 1.165) is 27.1 Å². The van der Waals surface area contributed by atoms with Crippen LogP contribution in [0.2, 0.25) is 0 Å². The molecule has 0 aromatic heterocycles. The van der Waals surface area contributed by atoms with Crippen LogP contribution in [-0.4, -0.2) is 19.8 Å². The van der Waals surface area contributed by atoms with E-state index in [1.807, 2.05) is 25.1 Å². The second kappa shape index (κ2) is 6.75. The molecule has 3 N–H and O–H groups in total. The van der Waals surface area contributed by atoms with Gasteiger partial charge in [0, 0.05) is 10.1 Å². The first-order valence-corrected chi connectivity index (χ1v) is 6.18. The first-order valence-electron chi connectivity index (χ1n) is 5.10. The molecule has 0 bridgehead atoms. The monoisotopic (exact) mass is 332 g/mol. The van der Waals surface area contributed by atoms with Crippen LogP contribution < -0.4 is 11.1 Å². The van der Waals surface area contributed by atoms with Crippen molar-refractivity contribution in [2.45, 2.75) is 6.92 Å². The maximum absolute atomic E-state index is 5.86. The summed E-state index contributed by atoms with van der Waals surface area (Å²) in [6.07, 6.45) is 0. The second-order valence-corrected chi connectivity index (χ2v) is 4.91. The van der Waals surface area contributed by atoms with Gasteiger partial charge >= 0.3 is 0 Å². The fourth-order valence-electron chi connectivity index (χ4n) is 1.20. The molecule has 0 spiro atoms. The average molecular weight is 332 g/mol. The predicted molar refractivity (Wildman–Crippen MR) is 77.7 cm³/mol. The molecule has 0 unspecified atom stereocenters. The van der Waals surface area contributed by atoms with Gasteiger partial charge in [-0.3, -0.25) is 0 Å². The van der Waals surface area contributed by atoms with Crippen molar-refractivity contribution in [3.05, 3.63) is 33.9 Å². The van der Waals surface area contributed by atoms with Crippen molar-refractivity contribution in [3.8, 4) is 0 Å². The fourth-order valence-corrected chi connectivity index (χ4v) is 1.71. The Labute approximate surface area is 110 Å². The van der Waals surface area contributed by atoms with E-state index < -0.39 is 0 Å². The fraction of sp³-hybridized carbons (Fsp3) is 0.333. The van der Waals surface area contributed by atoms with Crippen molar-refractivity contribution in [2.75, 3.05) is 30.8 Å². The molecule has 0 heterocycles. The first kappa shape index (κ1) is 13.3. The third kappa shape index (κ3) is 4.85. The second-order valence-electron chi connectivity index (χ2n) is 3.67. The van der Waals surface area contributed by atoms with Gasteiger partial charge in [0.25, 0.3) is 0 Å². The number of hydrogen-bond donors (Lipinski definition) is 2. The Bertz CT molecular complexity index is 366. The predicted octanol–water partition coefficient (Wildman–Crippen LogP) is 2.88. The Kier molecular flexibility index (Phi) is 5.62. The maximum Gasteiger partial charge on any atom is 0.0672 e. The number of rotatable bonds is 6. The number of nitrogens with two attached hydrogens (primary N) is 1. The topological polar surface area (TPSA) is 47.3 Å². The summed E-state index contributed by atoms with van der Waals surface area (Å²) in [4.78, 5) is 0. The van der Waals surface area contributed by atoms with E-state index >= 15 is 0 Å². The Morgan fingerprint density at radius 2 is 2.31 bits per heavy atom. The SMILES string of the molecule is C=C(C)COCCNc1ccc(I)cc1N. The van der Waals surface area contributed by atoms with Crippen LogP contribution in [0.5, 0.6) is 0 Å². The molecule has 0 atom stereocenters. The highest BCUT2D eigenvalue weighted by Crippen LogP contribution is 2.20. The van der Waals surface area contributed by atoms with E-state index in [-0.39, 0.29) is 0 Å². The van der Waals surface area contributed by atoms with Gasteiger partial charge in [-0.05, 0) is 47.7 Å². The van der Waals surface area contributed by atoms with E-state index in [4.69, 9.17) is 10.5 Å². The third-order valence-electron chi connectivity index (χ3n) is 1.92. The van der Waals surface area contributed by atoms with Crippen LogP contribution in [0.3, 0.4) is 0 Å². The van der Waals surface area contributed by atoms with Gasteiger partial charge in [-0.25, -0.2) is 0 Å². The van der Waals surface area contributed by atoms with E-state index in [2.05, 4.69) is 34.5 Å². The van der Waals surface area contributed by atoms with E-state index in [1.165, 1.54) is 0 Å². The minimum atomic E-state index is 0.615. The quantitative estimate of drug-likeness (QED) is 0.364. The zero-order valence-electron chi connectivity index (χ0n) is 9.42. The van der Waals surface area contributed by atoms with Crippen LogP contribution in [0.25, 0.3) is 0 Å². The molecule has 0 saturated heterocycles. The van der Waals surface area contributed by atoms with E-state index in [1.54, 1.807) is 0 Å². The summed E-state index contributed by atoms with van der Waals surface area (Å²) in [7, 11) is 0. The number of nitrogen functional groups attached to an aromatic ring is 1. The molecular formula is C12H17IN2O. The molecule has 1 aromatic rings. The number of hydrogen-bond acceptors (Lipinski definition) is 3. The van der Waals surface area contributed by atoms with Crippen molar-refractivity contribution < 1.29 is 4.74 Å². The highest BCUT2D eigenvalue weighted by atomic mass is 127. The molecule has 1 rings (SSSR count). The number of halogens is 1. The molecule has 0 aliphatic carbocycles. The molecular weight excluding hydrogens is 315 g/mol. The molecule has 0 aliphatic rings. The Hall–Kier alpha value is -0.750. The highest BCUT2D eigenvalue weighted by molar-refractivity contribution is 14.1. The lowest BCUT2D eigenvalue weighted by molar-refractivity contribution is 0.167. The molecule has 16 heavy (non-hydrogen) atoms. The van der Waals surface area contributed by atoms with Crippen LogP contribution in [-0.2, 0) is 4.74 Å². The summed E-state index contributed by atoms with van der Waals surface area (Å²) in [5, 5.41) is 3.23. The Morgan fingerprint density at radius 3 is 2.94 bits per heavy atom. The number of ether oxygens (including phenoxy) is 1. The van der Waals surface area contributed by atoms with Crippen molar-refractivity contribution in [1.29, 1.82) is 0 Å². The molecule has 1 aromatic carbocycles. The lowest BCUT2D eigenvalue weighted by atomic mass is 10.3. The summed E-state index contributed by atoms with van der Waals surface area (Å²) in [6.45, 7) is 7.73. The van der Waals surface area contributed by atoms with Gasteiger partial charge < -0.3 is 15.8 Å². The molecule has 0 amide bonds. The van der Waals surface area contributed by atoms with Crippen LogP contribution in [0.1, 0.15) is 6.92 Å². The van der Waals surface area contributed by atoms with Crippen molar-refractivity contribution in [1.82, 2.24) is 0 Å². The molecule has 4 heteroatoms. The zero-order chi connectivity index (χ0) is 12.0. The van der Waals surface area contributed by atoms with Crippen molar-refractivity contribution in [3.63, 3.8) is 0 Å². The molecule has 0 saturated carbocycles. The minimum absolute atomic E-state index is 0.615. The summed E-state index contributed by atoms with van der Waals surface area (Å²) < 4.78 is 6.51. The summed E-state index contributed by atoms with van der Waals surface area (Å²) in [6, 6.07) is 5.95. The Morgan fingerprint density at radius 1 is 1.56 bits per heavy atom. The van der Waals surface area contributed by atoms with Gasteiger partial charge in [0.2, 0.25) is 0 Å². The normalized spacial score (nSPS) is 10.1. The van der Waals surface area contributed by atoms with Crippen LogP contribution in [0, 0.1) is 3.57 Å². The van der Waals surface area contributed by atoms with Gasteiger partial charge in [-0.15, -0.1) is 0 Å². The smallest absolute Gasteiger partial charge is 0.0672 e. The lowest BCUT2D eigenvalue weighted by Crippen LogP contribution is -2.11. The van der Waals surface area contributed by atoms with Crippen LogP contribution in [0.15, 0.2) is 30.4 Å². The van der Waals surface area contributed by atoms with Gasteiger partial charge in [0.05, 0.1) is 24.6 Å². The van der Waals surface area contributed by atoms with E-state index in [9.17, 15) is 0 Å². The average Bonchev–Trinajstić information content (AvgIpc) is 2.20. The van der Waals surface area contributed by atoms with Gasteiger partial charge in [-0.2, -0.15) is 0 Å². The molecule has 0 fully saturated rings. The van der Waals surface area contributed by atoms with Gasteiger partial charge in [0.1, 0.15) is 0 Å². The van der Waals surface area contributed by atoms with Crippen molar-refractivity contribution in [2.24, 2.45) is 0 Å². The number of anilines is 2. The highest BCUT2D eigenvalue weighted by Gasteiger charge is 1.98. The number of nitrogens with one attached hydrogen (secondary N) is 1. The van der Waals surface area contributed by atoms with Crippen LogP contribution >= 0.6 is 22.6 Å². The van der Waals surface area contributed by atoms with Crippen molar-refractivity contribution >= 4 is 34.0 Å². The largest absolute Gasteiger partial charge is 0.397 e. The van der Waals surface area contributed by atoms with Gasteiger partial charge in [0.15, 0.2) is 0 Å². The maximum atomic E-state index is 5.86. The zero-order valence-corrected chi connectivity index (χ0v) is 11.6. The Balaban J connectivity index is 2.29. The third-order valence-corrected chi connectivity index (χ3v) is 2.59. The molecule has 0 radical (unpaired) electrons. The lowest BCUT2D eigenvalue weighted by Gasteiger charge is -2.10. The molecule has 0 aliphatic heterocycles. The molecule has 88 valence electrons. The summed E-state index contributed by atoms with van der Waals surface area (Å²) >= 11 is 2.24. The molecule has 3 nitrogen and oxygen atoms in total. The minimum Gasteiger partial charge on any atom is -0.397 e. The van der Waals surface area contributed by atoms with E-state index in [0.29, 0.717) is 13.2 Å². The summed E-state index contributed by atoms with van der Waals surface area (Å²) in [5.41, 5.74) is 8.63. The summed E-state index contributed by atoms with van der Waals surface area (Å²) in [5.74, 6) is 0. The van der Waals surface area contributed by atoms with Crippen LogP contribution in [0.4, 0.5) is 11.4 Å².